The van der Waals surface area contributed by atoms with E-state index >= 15 is 0 Å². The highest BCUT2D eigenvalue weighted by Gasteiger charge is 2.26. The van der Waals surface area contributed by atoms with Crippen molar-refractivity contribution in [2.75, 3.05) is 5.32 Å². The molecule has 0 spiro atoms. The molecule has 0 aromatic heterocycles. The highest BCUT2D eigenvalue weighted by Crippen LogP contribution is 2.23. The summed E-state index contributed by atoms with van der Waals surface area (Å²) < 4.78 is 49.3. The number of nitrogens with one attached hydrogen (secondary N) is 1. The quantitative estimate of drug-likeness (QED) is 0.761. The lowest BCUT2D eigenvalue weighted by molar-refractivity contribution is -0.135. The second-order valence-corrected chi connectivity index (χ2v) is 4.54. The zero-order chi connectivity index (χ0) is 13.8. The van der Waals surface area contributed by atoms with E-state index in [1.807, 2.05) is 6.92 Å². The Bertz CT molecular complexity index is 387. The maximum absolute atomic E-state index is 13.4. The molecule has 1 N–H and O–H groups in total. The van der Waals surface area contributed by atoms with Crippen molar-refractivity contribution >= 4 is 5.69 Å². The Kier molecular flexibility index (Phi) is 4.99. The predicted molar refractivity (Wildman–Crippen MR) is 64.1 cm³/mol. The molecule has 1 nitrogen and oxygen atoms in total. The van der Waals surface area contributed by atoms with Gasteiger partial charge in [0, 0.05) is 12.5 Å². The van der Waals surface area contributed by atoms with Gasteiger partial charge in [-0.15, -0.1) is 0 Å². The van der Waals surface area contributed by atoms with Crippen LogP contribution in [0, 0.1) is 12.7 Å². The van der Waals surface area contributed by atoms with Crippen LogP contribution in [0.5, 0.6) is 0 Å². The Balaban J connectivity index is 2.44. The number of hydrogen-bond acceptors (Lipinski definition) is 1. The van der Waals surface area contributed by atoms with Crippen LogP contribution in [0.4, 0.5) is 23.2 Å². The fourth-order valence-corrected chi connectivity index (χ4v) is 1.70. The molecular weight excluding hydrogens is 246 g/mol. The van der Waals surface area contributed by atoms with Crippen molar-refractivity contribution < 1.29 is 17.6 Å². The van der Waals surface area contributed by atoms with Gasteiger partial charge < -0.3 is 5.32 Å². The Labute approximate surface area is 104 Å². The number of anilines is 1. The van der Waals surface area contributed by atoms with Crippen molar-refractivity contribution in [2.24, 2.45) is 0 Å². The molecule has 1 unspecified atom stereocenters. The molecule has 1 atom stereocenters. The van der Waals surface area contributed by atoms with Gasteiger partial charge >= 0.3 is 6.18 Å². The lowest BCUT2D eigenvalue weighted by Crippen LogP contribution is -2.17. The zero-order valence-electron chi connectivity index (χ0n) is 10.4. The molecule has 0 amide bonds. The fourth-order valence-electron chi connectivity index (χ4n) is 1.70. The molecule has 1 rings (SSSR count). The number of alkyl halides is 3. The minimum absolute atomic E-state index is 0.0467. The van der Waals surface area contributed by atoms with Crippen molar-refractivity contribution in [2.45, 2.75) is 45.3 Å². The first-order valence-electron chi connectivity index (χ1n) is 5.87. The van der Waals surface area contributed by atoms with Gasteiger partial charge in [0.1, 0.15) is 5.82 Å². The average Bonchev–Trinajstić information content (AvgIpc) is 2.21. The molecule has 0 saturated heterocycles. The third kappa shape index (κ3) is 5.38. The highest BCUT2D eigenvalue weighted by molar-refractivity contribution is 5.47. The summed E-state index contributed by atoms with van der Waals surface area (Å²) >= 11 is 0. The number of rotatable bonds is 5. The number of benzene rings is 1. The molecule has 1 aromatic rings. The standard InChI is InChI=1S/C13H17F4N/c1-9-5-6-11(14)12(8-9)18-10(2)4-3-7-13(15,16)17/h5-6,8,10,18H,3-4,7H2,1-2H3. The van der Waals surface area contributed by atoms with Crippen molar-refractivity contribution in [3.05, 3.63) is 29.6 Å². The molecule has 0 saturated carbocycles. The molecule has 0 bridgehead atoms. The average molecular weight is 263 g/mol. The first-order chi connectivity index (χ1) is 8.28. The van der Waals surface area contributed by atoms with Gasteiger partial charge in [0.15, 0.2) is 0 Å². The SMILES string of the molecule is Cc1ccc(F)c(NC(C)CCCC(F)(F)F)c1. The van der Waals surface area contributed by atoms with Crippen LogP contribution in [0.3, 0.4) is 0 Å². The number of halogens is 4. The van der Waals surface area contributed by atoms with E-state index in [-0.39, 0.29) is 18.3 Å². The van der Waals surface area contributed by atoms with Crippen molar-refractivity contribution in [3.63, 3.8) is 0 Å². The maximum atomic E-state index is 13.4. The molecule has 1 aromatic carbocycles. The Morgan fingerprint density at radius 3 is 2.56 bits per heavy atom. The fraction of sp³-hybridized carbons (Fsp3) is 0.538. The Hall–Kier alpha value is -1.26. The smallest absolute Gasteiger partial charge is 0.380 e. The number of hydrogen-bond donors (Lipinski definition) is 1. The molecule has 18 heavy (non-hydrogen) atoms. The maximum Gasteiger partial charge on any atom is 0.389 e. The Morgan fingerprint density at radius 2 is 1.94 bits per heavy atom. The van der Waals surface area contributed by atoms with Gasteiger partial charge in [0.05, 0.1) is 5.69 Å². The largest absolute Gasteiger partial charge is 0.389 e. The summed E-state index contributed by atoms with van der Waals surface area (Å²) in [5, 5.41) is 2.89. The third-order valence-corrected chi connectivity index (χ3v) is 2.62. The second-order valence-electron chi connectivity index (χ2n) is 4.54. The van der Waals surface area contributed by atoms with E-state index in [0.717, 1.165) is 5.56 Å². The zero-order valence-corrected chi connectivity index (χ0v) is 10.4. The van der Waals surface area contributed by atoms with E-state index in [4.69, 9.17) is 0 Å². The third-order valence-electron chi connectivity index (χ3n) is 2.62. The van der Waals surface area contributed by atoms with E-state index in [2.05, 4.69) is 5.32 Å². The first-order valence-corrected chi connectivity index (χ1v) is 5.87. The molecule has 0 heterocycles. The molecule has 5 heteroatoms. The van der Waals surface area contributed by atoms with Crippen molar-refractivity contribution in [1.82, 2.24) is 0 Å². The van der Waals surface area contributed by atoms with Crippen LogP contribution >= 0.6 is 0 Å². The van der Waals surface area contributed by atoms with Crippen LogP contribution in [0.25, 0.3) is 0 Å². The monoisotopic (exact) mass is 263 g/mol. The molecule has 0 radical (unpaired) electrons. The van der Waals surface area contributed by atoms with E-state index in [1.54, 1.807) is 19.1 Å². The molecule has 0 fully saturated rings. The van der Waals surface area contributed by atoms with Gasteiger partial charge in [-0.3, -0.25) is 0 Å². The molecule has 0 aliphatic heterocycles. The summed E-state index contributed by atoms with van der Waals surface area (Å²) in [6, 6.07) is 4.45. The lowest BCUT2D eigenvalue weighted by Gasteiger charge is -2.16. The normalized spacial score (nSPS) is 13.4. The predicted octanol–water partition coefficient (Wildman–Crippen LogP) is 4.67. The van der Waals surface area contributed by atoms with E-state index in [0.29, 0.717) is 12.1 Å². The molecular formula is C13H17F4N. The van der Waals surface area contributed by atoms with E-state index in [9.17, 15) is 17.6 Å². The summed E-state index contributed by atoms with van der Waals surface area (Å²) in [5.41, 5.74) is 1.25. The van der Waals surface area contributed by atoms with Gasteiger partial charge in [-0.1, -0.05) is 6.07 Å². The molecule has 0 aliphatic carbocycles. The summed E-state index contributed by atoms with van der Waals surface area (Å²) in [6.07, 6.45) is -4.51. The van der Waals surface area contributed by atoms with Crippen LogP contribution in [0.15, 0.2) is 18.2 Å². The van der Waals surface area contributed by atoms with E-state index in [1.165, 1.54) is 6.07 Å². The van der Waals surface area contributed by atoms with E-state index < -0.39 is 12.6 Å². The second kappa shape index (κ2) is 6.07. The van der Waals surface area contributed by atoms with Crippen LogP contribution in [-0.4, -0.2) is 12.2 Å². The van der Waals surface area contributed by atoms with Crippen LogP contribution in [0.1, 0.15) is 31.7 Å². The van der Waals surface area contributed by atoms with Crippen molar-refractivity contribution in [3.8, 4) is 0 Å². The first kappa shape index (κ1) is 14.8. The summed E-state index contributed by atoms with van der Waals surface area (Å²) in [5.74, 6) is -0.386. The summed E-state index contributed by atoms with van der Waals surface area (Å²) in [6.45, 7) is 3.58. The van der Waals surface area contributed by atoms with Gasteiger partial charge in [-0.05, 0) is 44.4 Å². The van der Waals surface area contributed by atoms with Gasteiger partial charge in [0.2, 0.25) is 0 Å². The topological polar surface area (TPSA) is 12.0 Å². The van der Waals surface area contributed by atoms with Gasteiger partial charge in [0.25, 0.3) is 0 Å². The number of aryl methyl sites for hydroxylation is 1. The highest BCUT2D eigenvalue weighted by atomic mass is 19.4. The van der Waals surface area contributed by atoms with Crippen molar-refractivity contribution in [1.29, 1.82) is 0 Å². The Morgan fingerprint density at radius 1 is 1.28 bits per heavy atom. The van der Waals surface area contributed by atoms with Crippen LogP contribution in [0.2, 0.25) is 0 Å². The summed E-state index contributed by atoms with van der Waals surface area (Å²) in [4.78, 5) is 0. The minimum Gasteiger partial charge on any atom is -0.380 e. The lowest BCUT2D eigenvalue weighted by atomic mass is 10.1. The summed E-state index contributed by atoms with van der Waals surface area (Å²) in [7, 11) is 0. The van der Waals surface area contributed by atoms with Crippen LogP contribution < -0.4 is 5.32 Å². The van der Waals surface area contributed by atoms with Crippen LogP contribution in [-0.2, 0) is 0 Å². The van der Waals surface area contributed by atoms with Gasteiger partial charge in [-0.25, -0.2) is 4.39 Å². The molecule has 102 valence electrons. The molecule has 0 aliphatic rings. The minimum atomic E-state index is -4.12. The van der Waals surface area contributed by atoms with Gasteiger partial charge in [-0.2, -0.15) is 13.2 Å².